The van der Waals surface area contributed by atoms with Crippen molar-refractivity contribution in [3.05, 3.63) is 34.8 Å². The highest BCUT2D eigenvalue weighted by Crippen LogP contribution is 2.27. The summed E-state index contributed by atoms with van der Waals surface area (Å²) >= 11 is 1.37. The second-order valence-corrected chi connectivity index (χ2v) is 4.85. The zero-order valence-electron chi connectivity index (χ0n) is 9.88. The van der Waals surface area contributed by atoms with Crippen LogP contribution in [0.15, 0.2) is 24.3 Å². The van der Waals surface area contributed by atoms with Crippen molar-refractivity contribution in [1.29, 1.82) is 0 Å². The Kier molecular flexibility index (Phi) is 3.58. The van der Waals surface area contributed by atoms with Crippen LogP contribution in [-0.2, 0) is 0 Å². The number of nitrogens with zero attached hydrogens (tertiary/aromatic N) is 2. The maximum absolute atomic E-state index is 5.87. The summed E-state index contributed by atoms with van der Waals surface area (Å²) in [5, 5.41) is 9.13. The van der Waals surface area contributed by atoms with Gasteiger partial charge in [-0.15, -0.1) is 10.2 Å². The molecule has 0 radical (unpaired) electrons. The molecular formula is C12H15N3OS. The zero-order valence-corrected chi connectivity index (χ0v) is 10.7. The van der Waals surface area contributed by atoms with E-state index < -0.39 is 0 Å². The summed E-state index contributed by atoms with van der Waals surface area (Å²) < 4.78 is 5.87. The Morgan fingerprint density at radius 1 is 1.29 bits per heavy atom. The summed E-state index contributed by atoms with van der Waals surface area (Å²) in [5.74, 6) is 0.844. The normalized spacial score (nSPS) is 12.4. The number of hydrogen-bond acceptors (Lipinski definition) is 5. The molecule has 2 N–H and O–H groups in total. The molecule has 0 saturated heterocycles. The molecule has 4 nitrogen and oxygen atoms in total. The molecule has 0 aliphatic heterocycles. The predicted molar refractivity (Wildman–Crippen MR) is 69.2 cm³/mol. The summed E-state index contributed by atoms with van der Waals surface area (Å²) in [7, 11) is 0. The molecule has 2 rings (SSSR count). The van der Waals surface area contributed by atoms with Gasteiger partial charge < -0.3 is 10.5 Å². The maximum atomic E-state index is 5.87. The molecule has 90 valence electrons. The Morgan fingerprint density at radius 3 is 2.53 bits per heavy atom. The Labute approximate surface area is 104 Å². The van der Waals surface area contributed by atoms with Crippen LogP contribution in [0.25, 0.3) is 0 Å². The lowest BCUT2D eigenvalue weighted by atomic mass is 10.2. The monoisotopic (exact) mass is 249 g/mol. The number of aryl methyl sites for hydroxylation is 1. The molecule has 0 spiro atoms. The molecular weight excluding hydrogens is 234 g/mol. The SMILES string of the molecule is CCC(Oc1ccc(C)cc1)c1nnc(N)s1. The van der Waals surface area contributed by atoms with Gasteiger partial charge in [0.1, 0.15) is 5.75 Å². The van der Waals surface area contributed by atoms with Crippen LogP contribution < -0.4 is 10.5 Å². The molecule has 0 saturated carbocycles. The quantitative estimate of drug-likeness (QED) is 0.905. The van der Waals surface area contributed by atoms with Gasteiger partial charge in [0, 0.05) is 0 Å². The fourth-order valence-electron chi connectivity index (χ4n) is 1.47. The zero-order chi connectivity index (χ0) is 12.3. The summed E-state index contributed by atoms with van der Waals surface area (Å²) in [6.45, 7) is 4.10. The summed E-state index contributed by atoms with van der Waals surface area (Å²) in [4.78, 5) is 0. The molecule has 0 fully saturated rings. The fraction of sp³-hybridized carbons (Fsp3) is 0.333. The lowest BCUT2D eigenvalue weighted by Crippen LogP contribution is -2.06. The van der Waals surface area contributed by atoms with E-state index in [0.717, 1.165) is 17.2 Å². The van der Waals surface area contributed by atoms with E-state index in [9.17, 15) is 0 Å². The first kappa shape index (κ1) is 11.9. The van der Waals surface area contributed by atoms with Gasteiger partial charge in [-0.1, -0.05) is 36.0 Å². The fourth-order valence-corrected chi connectivity index (χ4v) is 2.19. The van der Waals surface area contributed by atoms with Crippen molar-refractivity contribution in [2.45, 2.75) is 26.4 Å². The van der Waals surface area contributed by atoms with Crippen LogP contribution in [0.4, 0.5) is 5.13 Å². The van der Waals surface area contributed by atoms with E-state index in [1.807, 2.05) is 31.2 Å². The van der Waals surface area contributed by atoms with Crippen LogP contribution in [0.3, 0.4) is 0 Å². The van der Waals surface area contributed by atoms with Gasteiger partial charge in [0.25, 0.3) is 0 Å². The Bertz CT molecular complexity index is 481. The summed E-state index contributed by atoms with van der Waals surface area (Å²) in [6, 6.07) is 7.97. The number of hydrogen-bond donors (Lipinski definition) is 1. The first-order valence-electron chi connectivity index (χ1n) is 5.51. The van der Waals surface area contributed by atoms with E-state index in [4.69, 9.17) is 10.5 Å². The number of nitrogen functional groups attached to an aromatic ring is 1. The van der Waals surface area contributed by atoms with E-state index in [-0.39, 0.29) is 6.10 Å². The second kappa shape index (κ2) is 5.14. The van der Waals surface area contributed by atoms with E-state index >= 15 is 0 Å². The Hall–Kier alpha value is -1.62. The summed E-state index contributed by atoms with van der Waals surface area (Å²) in [5.41, 5.74) is 6.79. The van der Waals surface area contributed by atoms with Crippen LogP contribution in [0, 0.1) is 6.92 Å². The molecule has 0 aliphatic rings. The maximum Gasteiger partial charge on any atom is 0.203 e. The van der Waals surface area contributed by atoms with Gasteiger partial charge >= 0.3 is 0 Å². The molecule has 1 heterocycles. The van der Waals surface area contributed by atoms with Crippen molar-refractivity contribution >= 4 is 16.5 Å². The minimum absolute atomic E-state index is 0.0764. The predicted octanol–water partition coefficient (Wildman–Crippen LogP) is 2.96. The Morgan fingerprint density at radius 2 is 2.00 bits per heavy atom. The molecule has 0 bridgehead atoms. The third kappa shape index (κ3) is 2.94. The van der Waals surface area contributed by atoms with Crippen molar-refractivity contribution in [2.24, 2.45) is 0 Å². The number of benzene rings is 1. The minimum Gasteiger partial charge on any atom is -0.483 e. The molecule has 2 aromatic rings. The van der Waals surface area contributed by atoms with Gasteiger partial charge in [0.05, 0.1) is 0 Å². The first-order chi connectivity index (χ1) is 8.19. The topological polar surface area (TPSA) is 61.0 Å². The van der Waals surface area contributed by atoms with E-state index in [1.165, 1.54) is 16.9 Å². The highest BCUT2D eigenvalue weighted by atomic mass is 32.1. The average molecular weight is 249 g/mol. The highest BCUT2D eigenvalue weighted by Gasteiger charge is 2.16. The highest BCUT2D eigenvalue weighted by molar-refractivity contribution is 7.15. The van der Waals surface area contributed by atoms with Crippen LogP contribution in [0.1, 0.15) is 30.0 Å². The second-order valence-electron chi connectivity index (χ2n) is 3.81. The van der Waals surface area contributed by atoms with Crippen molar-refractivity contribution in [1.82, 2.24) is 10.2 Å². The van der Waals surface area contributed by atoms with E-state index in [1.54, 1.807) is 0 Å². The van der Waals surface area contributed by atoms with Gasteiger partial charge in [-0.05, 0) is 25.5 Å². The third-order valence-corrected chi connectivity index (χ3v) is 3.25. The minimum atomic E-state index is -0.0764. The molecule has 1 aromatic carbocycles. The van der Waals surface area contributed by atoms with Crippen LogP contribution >= 0.6 is 11.3 Å². The molecule has 5 heteroatoms. The lowest BCUT2D eigenvalue weighted by molar-refractivity contribution is 0.200. The lowest BCUT2D eigenvalue weighted by Gasteiger charge is -2.14. The van der Waals surface area contributed by atoms with E-state index in [0.29, 0.717) is 5.13 Å². The molecule has 0 aliphatic carbocycles. The smallest absolute Gasteiger partial charge is 0.203 e. The number of nitrogens with two attached hydrogens (primary N) is 1. The Balaban J connectivity index is 2.12. The number of aromatic nitrogens is 2. The van der Waals surface area contributed by atoms with Crippen LogP contribution in [0.5, 0.6) is 5.75 Å². The van der Waals surface area contributed by atoms with Gasteiger partial charge in [0.2, 0.25) is 5.13 Å². The average Bonchev–Trinajstić information content (AvgIpc) is 2.75. The molecule has 0 amide bonds. The van der Waals surface area contributed by atoms with E-state index in [2.05, 4.69) is 17.1 Å². The molecule has 17 heavy (non-hydrogen) atoms. The van der Waals surface area contributed by atoms with Gasteiger partial charge in [-0.25, -0.2) is 0 Å². The molecule has 1 atom stereocenters. The molecule has 1 unspecified atom stereocenters. The first-order valence-corrected chi connectivity index (χ1v) is 6.33. The largest absolute Gasteiger partial charge is 0.483 e. The van der Waals surface area contributed by atoms with Crippen molar-refractivity contribution in [3.8, 4) is 5.75 Å². The van der Waals surface area contributed by atoms with Gasteiger partial charge in [0.15, 0.2) is 11.1 Å². The van der Waals surface area contributed by atoms with Gasteiger partial charge in [-0.2, -0.15) is 0 Å². The number of rotatable bonds is 4. The number of anilines is 1. The molecule has 1 aromatic heterocycles. The van der Waals surface area contributed by atoms with Crippen molar-refractivity contribution < 1.29 is 4.74 Å². The van der Waals surface area contributed by atoms with Crippen LogP contribution in [-0.4, -0.2) is 10.2 Å². The van der Waals surface area contributed by atoms with Crippen LogP contribution in [0.2, 0.25) is 0 Å². The third-order valence-electron chi connectivity index (χ3n) is 2.40. The summed E-state index contributed by atoms with van der Waals surface area (Å²) in [6.07, 6.45) is 0.759. The van der Waals surface area contributed by atoms with Crippen molar-refractivity contribution in [2.75, 3.05) is 5.73 Å². The van der Waals surface area contributed by atoms with Gasteiger partial charge in [-0.3, -0.25) is 0 Å². The van der Waals surface area contributed by atoms with Crippen molar-refractivity contribution in [3.63, 3.8) is 0 Å². The standard InChI is InChI=1S/C12H15N3OS/c1-3-10(11-14-15-12(13)17-11)16-9-6-4-8(2)5-7-9/h4-7,10H,3H2,1-2H3,(H2,13,15). The number of ether oxygens (including phenoxy) is 1.